The van der Waals surface area contributed by atoms with E-state index >= 15 is 0 Å². The molecule has 1 fully saturated rings. The van der Waals surface area contributed by atoms with E-state index in [1.807, 2.05) is 18.7 Å². The summed E-state index contributed by atoms with van der Waals surface area (Å²) in [6.07, 6.45) is 6.29. The molecule has 0 radical (unpaired) electrons. The van der Waals surface area contributed by atoms with E-state index in [1.165, 1.54) is 31.2 Å². The zero-order valence-electron chi connectivity index (χ0n) is 15.4. The Balaban J connectivity index is 1.70. The third kappa shape index (κ3) is 4.80. The van der Waals surface area contributed by atoms with Crippen LogP contribution in [0.1, 0.15) is 49.1 Å². The minimum absolute atomic E-state index is 0.169. The number of carbonyl (C=O) groups is 1. The molecule has 0 bridgehead atoms. The number of carbonyl (C=O) groups excluding carboxylic acids is 1. The molecule has 0 spiro atoms. The maximum Gasteiger partial charge on any atom is 0.220 e. The average molecular weight is 320 g/mol. The fourth-order valence-electron chi connectivity index (χ4n) is 3.63. The van der Waals surface area contributed by atoms with E-state index in [4.69, 9.17) is 0 Å². The highest BCUT2D eigenvalue weighted by molar-refractivity contribution is 5.76. The van der Waals surface area contributed by atoms with Gasteiger partial charge in [-0.25, -0.2) is 0 Å². The van der Waals surface area contributed by atoms with Gasteiger partial charge in [0.2, 0.25) is 5.91 Å². The maximum atomic E-state index is 12.1. The molecule has 0 aromatic carbocycles. The SMILES string of the molecule is Cc1nn(C)c(C)c1CCC(=O)NCC1CCC(N(C)C)CC1. The smallest absolute Gasteiger partial charge is 0.220 e. The summed E-state index contributed by atoms with van der Waals surface area (Å²) in [4.78, 5) is 14.4. The van der Waals surface area contributed by atoms with Gasteiger partial charge in [0.15, 0.2) is 0 Å². The average Bonchev–Trinajstić information content (AvgIpc) is 2.76. The molecule has 130 valence electrons. The van der Waals surface area contributed by atoms with Crippen molar-refractivity contribution in [2.45, 2.75) is 58.4 Å². The fraction of sp³-hybridized carbons (Fsp3) is 0.778. The Morgan fingerprint density at radius 2 is 1.91 bits per heavy atom. The van der Waals surface area contributed by atoms with E-state index in [0.717, 1.165) is 30.4 Å². The summed E-state index contributed by atoms with van der Waals surface area (Å²) in [5.74, 6) is 0.819. The van der Waals surface area contributed by atoms with Gasteiger partial charge in [-0.3, -0.25) is 9.48 Å². The molecule has 1 heterocycles. The molecule has 0 saturated heterocycles. The summed E-state index contributed by atoms with van der Waals surface area (Å²) in [6, 6.07) is 0.721. The number of hydrogen-bond donors (Lipinski definition) is 1. The highest BCUT2D eigenvalue weighted by atomic mass is 16.1. The van der Waals surface area contributed by atoms with Gasteiger partial charge in [-0.2, -0.15) is 5.10 Å². The lowest BCUT2D eigenvalue weighted by Gasteiger charge is -2.32. The van der Waals surface area contributed by atoms with Crippen molar-refractivity contribution in [3.8, 4) is 0 Å². The number of nitrogens with zero attached hydrogens (tertiary/aromatic N) is 3. The minimum atomic E-state index is 0.169. The standard InChI is InChI=1S/C18H32N4O/c1-13-17(14(2)22(5)20-13)10-11-18(23)19-12-15-6-8-16(9-7-15)21(3)4/h15-16H,6-12H2,1-5H3,(H,19,23). The molecule has 5 nitrogen and oxygen atoms in total. The van der Waals surface area contributed by atoms with Crippen LogP contribution in [0.5, 0.6) is 0 Å². The molecule has 1 amide bonds. The number of amides is 1. The molecule has 5 heteroatoms. The van der Waals surface area contributed by atoms with Crippen molar-refractivity contribution < 1.29 is 4.79 Å². The zero-order valence-corrected chi connectivity index (χ0v) is 15.4. The molecule has 0 unspecified atom stereocenters. The van der Waals surface area contributed by atoms with Crippen molar-refractivity contribution in [3.05, 3.63) is 17.0 Å². The van der Waals surface area contributed by atoms with Crippen molar-refractivity contribution in [2.75, 3.05) is 20.6 Å². The van der Waals surface area contributed by atoms with Crippen LogP contribution in [0.4, 0.5) is 0 Å². The summed E-state index contributed by atoms with van der Waals surface area (Å²) in [5, 5.41) is 7.54. The lowest BCUT2D eigenvalue weighted by Crippen LogP contribution is -2.36. The first-order chi connectivity index (χ1) is 10.9. The summed E-state index contributed by atoms with van der Waals surface area (Å²) >= 11 is 0. The van der Waals surface area contributed by atoms with Gasteiger partial charge in [-0.1, -0.05) is 0 Å². The molecule has 0 atom stereocenters. The molecule has 1 aliphatic rings. The van der Waals surface area contributed by atoms with E-state index in [1.54, 1.807) is 0 Å². The van der Waals surface area contributed by atoms with Gasteiger partial charge in [0.25, 0.3) is 0 Å². The predicted octanol–water partition coefficient (Wildman–Crippen LogP) is 2.21. The minimum Gasteiger partial charge on any atom is -0.356 e. The molecule has 1 aliphatic carbocycles. The fourth-order valence-corrected chi connectivity index (χ4v) is 3.63. The van der Waals surface area contributed by atoms with Gasteiger partial charge in [-0.05, 0) is 71.5 Å². The van der Waals surface area contributed by atoms with Crippen LogP contribution in [-0.4, -0.2) is 47.3 Å². The van der Waals surface area contributed by atoms with Crippen LogP contribution < -0.4 is 5.32 Å². The Labute approximate surface area is 140 Å². The largest absolute Gasteiger partial charge is 0.356 e. The van der Waals surface area contributed by atoms with Crippen molar-refractivity contribution in [2.24, 2.45) is 13.0 Å². The van der Waals surface area contributed by atoms with E-state index in [0.29, 0.717) is 12.3 Å². The predicted molar refractivity (Wildman–Crippen MR) is 93.4 cm³/mol. The Kier molecular flexibility index (Phi) is 6.22. The monoisotopic (exact) mass is 320 g/mol. The van der Waals surface area contributed by atoms with Crippen molar-refractivity contribution >= 4 is 5.91 Å². The van der Waals surface area contributed by atoms with Crippen molar-refractivity contribution in [1.82, 2.24) is 20.0 Å². The summed E-state index contributed by atoms with van der Waals surface area (Å²) in [6.45, 7) is 4.92. The maximum absolute atomic E-state index is 12.1. The molecule has 0 aliphatic heterocycles. The quantitative estimate of drug-likeness (QED) is 0.874. The molecule has 23 heavy (non-hydrogen) atoms. The second-order valence-electron chi connectivity index (χ2n) is 7.22. The summed E-state index contributed by atoms with van der Waals surface area (Å²) in [7, 11) is 6.28. The van der Waals surface area contributed by atoms with Gasteiger partial charge in [0, 0.05) is 31.7 Å². The molecule has 1 aromatic heterocycles. The van der Waals surface area contributed by atoms with Gasteiger partial charge in [0.05, 0.1) is 5.69 Å². The van der Waals surface area contributed by atoms with Gasteiger partial charge >= 0.3 is 0 Å². The lowest BCUT2D eigenvalue weighted by molar-refractivity contribution is -0.121. The Morgan fingerprint density at radius 1 is 1.26 bits per heavy atom. The zero-order chi connectivity index (χ0) is 17.0. The first-order valence-corrected chi connectivity index (χ1v) is 8.80. The van der Waals surface area contributed by atoms with Crippen LogP contribution >= 0.6 is 0 Å². The van der Waals surface area contributed by atoms with Crippen LogP contribution in [0.3, 0.4) is 0 Å². The van der Waals surface area contributed by atoms with E-state index in [9.17, 15) is 4.79 Å². The summed E-state index contributed by atoms with van der Waals surface area (Å²) in [5.41, 5.74) is 3.42. The van der Waals surface area contributed by atoms with Crippen LogP contribution in [0.2, 0.25) is 0 Å². The number of nitrogens with one attached hydrogen (secondary N) is 1. The Morgan fingerprint density at radius 3 is 2.43 bits per heavy atom. The molecule has 1 N–H and O–H groups in total. The number of aryl methyl sites for hydroxylation is 2. The van der Waals surface area contributed by atoms with E-state index < -0.39 is 0 Å². The Bertz CT molecular complexity index is 527. The second-order valence-corrected chi connectivity index (χ2v) is 7.22. The highest BCUT2D eigenvalue weighted by Crippen LogP contribution is 2.26. The first-order valence-electron chi connectivity index (χ1n) is 8.80. The molecule has 2 rings (SSSR count). The number of rotatable bonds is 6. The molecule has 1 saturated carbocycles. The molecular weight excluding hydrogens is 288 g/mol. The Hall–Kier alpha value is -1.36. The normalized spacial score (nSPS) is 21.7. The second kappa shape index (κ2) is 7.95. The molecule has 1 aromatic rings. The van der Waals surface area contributed by atoms with Crippen LogP contribution in [0.25, 0.3) is 0 Å². The van der Waals surface area contributed by atoms with Gasteiger partial charge in [0.1, 0.15) is 0 Å². The van der Waals surface area contributed by atoms with Gasteiger partial charge in [-0.15, -0.1) is 0 Å². The van der Waals surface area contributed by atoms with Crippen LogP contribution in [0, 0.1) is 19.8 Å². The molecular formula is C18H32N4O. The van der Waals surface area contributed by atoms with Crippen LogP contribution in [-0.2, 0) is 18.3 Å². The number of aromatic nitrogens is 2. The van der Waals surface area contributed by atoms with Crippen molar-refractivity contribution in [3.63, 3.8) is 0 Å². The van der Waals surface area contributed by atoms with E-state index in [-0.39, 0.29) is 5.91 Å². The third-order valence-electron chi connectivity index (χ3n) is 5.40. The third-order valence-corrected chi connectivity index (χ3v) is 5.40. The first kappa shape index (κ1) is 18.0. The highest BCUT2D eigenvalue weighted by Gasteiger charge is 2.22. The van der Waals surface area contributed by atoms with Gasteiger partial charge < -0.3 is 10.2 Å². The topological polar surface area (TPSA) is 50.2 Å². The lowest BCUT2D eigenvalue weighted by atomic mass is 9.85. The number of hydrogen-bond acceptors (Lipinski definition) is 3. The summed E-state index contributed by atoms with van der Waals surface area (Å²) < 4.78 is 1.89. The van der Waals surface area contributed by atoms with E-state index in [2.05, 4.69) is 36.3 Å². The van der Waals surface area contributed by atoms with Crippen LogP contribution in [0.15, 0.2) is 0 Å². The van der Waals surface area contributed by atoms with Crippen molar-refractivity contribution in [1.29, 1.82) is 0 Å².